The molecule has 20 heavy (non-hydrogen) atoms. The zero-order valence-electron chi connectivity index (χ0n) is 12.2. The molecule has 2 bridgehead atoms. The van der Waals surface area contributed by atoms with Gasteiger partial charge in [0.25, 0.3) is 0 Å². The zero-order valence-corrected chi connectivity index (χ0v) is 12.2. The lowest BCUT2D eigenvalue weighted by atomic mass is 9.73. The van der Waals surface area contributed by atoms with Crippen LogP contribution in [0.2, 0.25) is 0 Å². The number of aromatic nitrogens is 2. The summed E-state index contributed by atoms with van der Waals surface area (Å²) in [6.45, 7) is 2.46. The fraction of sp³-hybridized carbons (Fsp3) is 0.733. The highest BCUT2D eigenvalue weighted by molar-refractivity contribution is 5.20. The van der Waals surface area contributed by atoms with Gasteiger partial charge in [-0.2, -0.15) is 0 Å². The first kappa shape index (κ1) is 13.8. The summed E-state index contributed by atoms with van der Waals surface area (Å²) in [5, 5.41) is 11.0. The predicted octanol–water partition coefficient (Wildman–Crippen LogP) is 1.71. The van der Waals surface area contributed by atoms with Crippen LogP contribution in [0.3, 0.4) is 0 Å². The number of hydrogen-bond donors (Lipinski definition) is 1. The van der Waals surface area contributed by atoms with Crippen molar-refractivity contribution >= 4 is 0 Å². The van der Waals surface area contributed by atoms with Gasteiger partial charge in [0.1, 0.15) is 0 Å². The Balaban J connectivity index is 1.81. The van der Waals surface area contributed by atoms with Crippen molar-refractivity contribution in [3.8, 4) is 6.01 Å². The van der Waals surface area contributed by atoms with Gasteiger partial charge in [-0.1, -0.05) is 6.42 Å². The van der Waals surface area contributed by atoms with Crippen LogP contribution in [-0.4, -0.2) is 45.7 Å². The van der Waals surface area contributed by atoms with E-state index in [0.29, 0.717) is 24.7 Å². The SMILES string of the molecule is CCOc1ncc(C2(O)CC3CCCC(C2)N3C)cn1. The lowest BCUT2D eigenvalue weighted by Gasteiger charge is -2.50. The van der Waals surface area contributed by atoms with Gasteiger partial charge in [-0.25, -0.2) is 9.97 Å². The van der Waals surface area contributed by atoms with E-state index in [-0.39, 0.29) is 0 Å². The summed E-state index contributed by atoms with van der Waals surface area (Å²) in [6, 6.07) is 1.33. The highest BCUT2D eigenvalue weighted by Crippen LogP contribution is 2.43. The molecule has 1 N–H and O–H groups in total. The minimum Gasteiger partial charge on any atom is -0.464 e. The Hall–Kier alpha value is -1.20. The first-order valence-electron chi connectivity index (χ1n) is 7.52. The lowest BCUT2D eigenvalue weighted by Crippen LogP contribution is -2.55. The fourth-order valence-corrected chi connectivity index (χ4v) is 3.65. The van der Waals surface area contributed by atoms with Crippen molar-refractivity contribution in [2.24, 2.45) is 0 Å². The quantitative estimate of drug-likeness (QED) is 0.911. The summed E-state index contributed by atoms with van der Waals surface area (Å²) < 4.78 is 5.26. The smallest absolute Gasteiger partial charge is 0.316 e. The van der Waals surface area contributed by atoms with E-state index in [2.05, 4.69) is 21.9 Å². The molecular formula is C15H23N3O2. The molecule has 2 atom stereocenters. The molecule has 0 spiro atoms. The molecule has 0 amide bonds. The molecule has 2 fully saturated rings. The van der Waals surface area contributed by atoms with Gasteiger partial charge in [0.05, 0.1) is 12.2 Å². The number of hydrogen-bond acceptors (Lipinski definition) is 5. The molecule has 1 aromatic rings. The van der Waals surface area contributed by atoms with Gasteiger partial charge < -0.3 is 14.7 Å². The highest BCUT2D eigenvalue weighted by Gasteiger charge is 2.45. The Bertz CT molecular complexity index is 449. The first-order valence-corrected chi connectivity index (χ1v) is 7.52. The average molecular weight is 277 g/mol. The van der Waals surface area contributed by atoms with Crippen molar-refractivity contribution in [3.63, 3.8) is 0 Å². The second-order valence-electron chi connectivity index (χ2n) is 6.03. The molecule has 0 aromatic carbocycles. The topological polar surface area (TPSA) is 58.5 Å². The molecule has 5 heteroatoms. The van der Waals surface area contributed by atoms with Crippen LogP contribution in [0, 0.1) is 0 Å². The maximum absolute atomic E-state index is 11.0. The Morgan fingerprint density at radius 2 is 1.90 bits per heavy atom. The highest BCUT2D eigenvalue weighted by atomic mass is 16.5. The van der Waals surface area contributed by atoms with E-state index < -0.39 is 5.60 Å². The Labute approximate surface area is 120 Å². The number of piperidine rings is 2. The third-order valence-corrected chi connectivity index (χ3v) is 4.81. The van der Waals surface area contributed by atoms with Crippen molar-refractivity contribution in [1.82, 2.24) is 14.9 Å². The van der Waals surface area contributed by atoms with Crippen LogP contribution in [0.5, 0.6) is 6.01 Å². The predicted molar refractivity (Wildman–Crippen MR) is 75.5 cm³/mol. The number of ether oxygens (including phenoxy) is 1. The van der Waals surface area contributed by atoms with Crippen molar-refractivity contribution in [2.75, 3.05) is 13.7 Å². The van der Waals surface area contributed by atoms with E-state index in [1.54, 1.807) is 12.4 Å². The average Bonchev–Trinajstić information content (AvgIpc) is 2.42. The molecule has 5 nitrogen and oxygen atoms in total. The molecule has 2 aliphatic heterocycles. The normalized spacial score (nSPS) is 34.0. The van der Waals surface area contributed by atoms with Gasteiger partial charge in [-0.15, -0.1) is 0 Å². The van der Waals surface area contributed by atoms with Crippen molar-refractivity contribution in [2.45, 2.75) is 56.7 Å². The number of fused-ring (bicyclic) bond motifs is 2. The van der Waals surface area contributed by atoms with E-state index in [1.165, 1.54) is 19.3 Å². The molecule has 2 aliphatic rings. The van der Waals surface area contributed by atoms with Crippen LogP contribution in [0.4, 0.5) is 0 Å². The number of nitrogens with zero attached hydrogens (tertiary/aromatic N) is 3. The summed E-state index contributed by atoms with van der Waals surface area (Å²) in [4.78, 5) is 10.8. The Morgan fingerprint density at radius 1 is 1.30 bits per heavy atom. The van der Waals surface area contributed by atoms with Crippen LogP contribution in [0.25, 0.3) is 0 Å². The van der Waals surface area contributed by atoms with E-state index in [4.69, 9.17) is 4.74 Å². The molecule has 2 saturated heterocycles. The minimum absolute atomic E-state index is 0.382. The molecule has 0 saturated carbocycles. The first-order chi connectivity index (χ1) is 9.62. The minimum atomic E-state index is -0.785. The summed E-state index contributed by atoms with van der Waals surface area (Å²) >= 11 is 0. The van der Waals surface area contributed by atoms with E-state index >= 15 is 0 Å². The number of rotatable bonds is 3. The molecular weight excluding hydrogens is 254 g/mol. The third kappa shape index (κ3) is 2.40. The van der Waals surface area contributed by atoms with Crippen LogP contribution in [-0.2, 0) is 5.60 Å². The van der Waals surface area contributed by atoms with Crippen LogP contribution >= 0.6 is 0 Å². The molecule has 110 valence electrons. The van der Waals surface area contributed by atoms with Gasteiger partial charge in [0.15, 0.2) is 0 Å². The Kier molecular flexibility index (Phi) is 3.65. The third-order valence-electron chi connectivity index (χ3n) is 4.81. The van der Waals surface area contributed by atoms with Gasteiger partial charge >= 0.3 is 6.01 Å². The summed E-state index contributed by atoms with van der Waals surface area (Å²) in [7, 11) is 2.18. The van der Waals surface area contributed by atoms with E-state index in [1.807, 2.05) is 6.92 Å². The monoisotopic (exact) mass is 277 g/mol. The van der Waals surface area contributed by atoms with Crippen molar-refractivity contribution < 1.29 is 9.84 Å². The molecule has 0 radical (unpaired) electrons. The lowest BCUT2D eigenvalue weighted by molar-refractivity contribution is -0.0878. The molecule has 0 aliphatic carbocycles. The standard InChI is InChI=1S/C15H23N3O2/c1-3-20-14-16-9-11(10-17-14)15(19)7-12-5-4-6-13(8-15)18(12)2/h9-10,12-13,19H,3-8H2,1-2H3. The van der Waals surface area contributed by atoms with Gasteiger partial charge in [-0.05, 0) is 39.7 Å². The largest absolute Gasteiger partial charge is 0.464 e. The van der Waals surface area contributed by atoms with Gasteiger partial charge in [-0.3, -0.25) is 0 Å². The van der Waals surface area contributed by atoms with Gasteiger partial charge in [0.2, 0.25) is 0 Å². The molecule has 2 unspecified atom stereocenters. The zero-order chi connectivity index (χ0) is 14.2. The Morgan fingerprint density at radius 3 is 2.45 bits per heavy atom. The summed E-state index contributed by atoms with van der Waals surface area (Å²) in [5.74, 6) is 0. The van der Waals surface area contributed by atoms with Crippen LogP contribution in [0.1, 0.15) is 44.6 Å². The van der Waals surface area contributed by atoms with Crippen molar-refractivity contribution in [3.05, 3.63) is 18.0 Å². The van der Waals surface area contributed by atoms with E-state index in [0.717, 1.165) is 18.4 Å². The fourth-order valence-electron chi connectivity index (χ4n) is 3.65. The number of aliphatic hydroxyl groups is 1. The molecule has 3 rings (SSSR count). The maximum Gasteiger partial charge on any atom is 0.316 e. The molecule has 3 heterocycles. The summed E-state index contributed by atoms with van der Waals surface area (Å²) in [6.07, 6.45) is 8.61. The van der Waals surface area contributed by atoms with Crippen molar-refractivity contribution in [1.29, 1.82) is 0 Å². The second kappa shape index (κ2) is 5.30. The van der Waals surface area contributed by atoms with Crippen LogP contribution < -0.4 is 4.74 Å². The maximum atomic E-state index is 11.0. The molecule has 1 aromatic heterocycles. The van der Waals surface area contributed by atoms with E-state index in [9.17, 15) is 5.11 Å². The second-order valence-corrected chi connectivity index (χ2v) is 6.03. The summed E-state index contributed by atoms with van der Waals surface area (Å²) in [5.41, 5.74) is 0.0402. The van der Waals surface area contributed by atoms with Gasteiger partial charge in [0, 0.05) is 30.0 Å². The van der Waals surface area contributed by atoms with Crippen LogP contribution in [0.15, 0.2) is 12.4 Å².